The second-order valence-corrected chi connectivity index (χ2v) is 6.86. The zero-order valence-electron chi connectivity index (χ0n) is 13.7. The van der Waals surface area contributed by atoms with Gasteiger partial charge in [0.15, 0.2) is 0 Å². The summed E-state index contributed by atoms with van der Waals surface area (Å²) in [5.41, 5.74) is 0.941. The van der Waals surface area contributed by atoms with Crippen LogP contribution in [0.3, 0.4) is 0 Å². The molecule has 22 heavy (non-hydrogen) atoms. The topological polar surface area (TPSA) is 54.1 Å². The van der Waals surface area contributed by atoms with E-state index in [4.69, 9.17) is 4.74 Å². The highest BCUT2D eigenvalue weighted by Crippen LogP contribution is 2.38. The molecule has 0 aliphatic carbocycles. The Morgan fingerprint density at radius 3 is 2.91 bits per heavy atom. The van der Waals surface area contributed by atoms with E-state index in [-0.39, 0.29) is 11.6 Å². The maximum absolute atomic E-state index is 9.79. The molecule has 5 nitrogen and oxygen atoms in total. The van der Waals surface area contributed by atoms with Crippen LogP contribution in [0.15, 0.2) is 12.5 Å². The first kappa shape index (κ1) is 15.5. The highest BCUT2D eigenvalue weighted by molar-refractivity contribution is 5.12. The minimum Gasteiger partial charge on any atom is -0.372 e. The molecule has 0 N–H and O–H groups in total. The minimum atomic E-state index is -0.242. The van der Waals surface area contributed by atoms with Crippen molar-refractivity contribution in [3.05, 3.63) is 18.2 Å². The maximum Gasteiger partial charge on any atom is 0.127 e. The molecule has 2 aliphatic heterocycles. The fourth-order valence-electron chi connectivity index (χ4n) is 3.96. The van der Waals surface area contributed by atoms with E-state index >= 15 is 0 Å². The van der Waals surface area contributed by atoms with Gasteiger partial charge in [-0.3, -0.25) is 4.90 Å². The maximum atomic E-state index is 9.79. The average molecular weight is 302 g/mol. The molecule has 2 saturated heterocycles. The molecule has 0 radical (unpaired) electrons. The molecule has 0 saturated carbocycles. The molecule has 0 aromatic carbocycles. The van der Waals surface area contributed by atoms with Crippen LogP contribution in [-0.4, -0.2) is 39.2 Å². The molecule has 0 unspecified atom stereocenters. The number of piperidine rings is 1. The Labute approximate surface area is 132 Å². The first-order chi connectivity index (χ1) is 10.7. The molecule has 1 aromatic heterocycles. The Balaban J connectivity index is 1.80. The number of likely N-dealkylation sites (tertiary alicyclic amines) is 1. The summed E-state index contributed by atoms with van der Waals surface area (Å²) in [6.45, 7) is 6.87. The van der Waals surface area contributed by atoms with E-state index in [0.29, 0.717) is 6.04 Å². The Morgan fingerprint density at radius 2 is 2.23 bits per heavy atom. The van der Waals surface area contributed by atoms with Crippen LogP contribution in [0.4, 0.5) is 0 Å². The van der Waals surface area contributed by atoms with Crippen LogP contribution in [0.25, 0.3) is 0 Å². The fraction of sp³-hybridized carbons (Fsp3) is 0.765. The van der Waals surface area contributed by atoms with Crippen LogP contribution in [0.1, 0.15) is 57.7 Å². The van der Waals surface area contributed by atoms with E-state index in [1.807, 2.05) is 12.5 Å². The van der Waals surface area contributed by atoms with Crippen LogP contribution in [0.2, 0.25) is 0 Å². The summed E-state index contributed by atoms with van der Waals surface area (Å²) >= 11 is 0. The number of nitriles is 1. The lowest BCUT2D eigenvalue weighted by molar-refractivity contribution is -0.138. The molecule has 5 heteroatoms. The van der Waals surface area contributed by atoms with Gasteiger partial charge in [0.1, 0.15) is 6.04 Å². The normalized spacial score (nSPS) is 29.8. The van der Waals surface area contributed by atoms with Crippen molar-refractivity contribution in [2.45, 2.75) is 70.2 Å². The van der Waals surface area contributed by atoms with Crippen molar-refractivity contribution in [3.63, 3.8) is 0 Å². The van der Waals surface area contributed by atoms with Gasteiger partial charge in [0.25, 0.3) is 0 Å². The molecular formula is C17H26N4O. The van der Waals surface area contributed by atoms with E-state index in [2.05, 4.69) is 34.4 Å². The summed E-state index contributed by atoms with van der Waals surface area (Å²) in [4.78, 5) is 6.58. The zero-order chi connectivity index (χ0) is 15.6. The number of hydrogen-bond acceptors (Lipinski definition) is 4. The van der Waals surface area contributed by atoms with Gasteiger partial charge in [-0.25, -0.2) is 4.98 Å². The summed E-state index contributed by atoms with van der Waals surface area (Å²) in [7, 11) is 0. The molecule has 0 amide bonds. The lowest BCUT2D eigenvalue weighted by Gasteiger charge is -2.48. The average Bonchev–Trinajstić information content (AvgIpc) is 2.97. The molecule has 120 valence electrons. The summed E-state index contributed by atoms with van der Waals surface area (Å²) in [5, 5.41) is 9.79. The molecule has 3 heterocycles. The highest BCUT2D eigenvalue weighted by Gasteiger charge is 2.47. The SMILES string of the molecule is CC(C)n1cncc1CN1CCC[C@]2(CCCCO2)[C@H]1C#N. The number of rotatable bonds is 3. The fourth-order valence-corrected chi connectivity index (χ4v) is 3.96. The van der Waals surface area contributed by atoms with Gasteiger partial charge >= 0.3 is 0 Å². The van der Waals surface area contributed by atoms with E-state index < -0.39 is 0 Å². The van der Waals surface area contributed by atoms with Gasteiger partial charge in [-0.2, -0.15) is 5.26 Å². The molecule has 0 bridgehead atoms. The van der Waals surface area contributed by atoms with Crippen molar-refractivity contribution < 1.29 is 4.74 Å². The summed E-state index contributed by atoms with van der Waals surface area (Å²) < 4.78 is 8.34. The molecule has 2 aliphatic rings. The molecule has 2 atom stereocenters. The van der Waals surface area contributed by atoms with Crippen molar-refractivity contribution in [1.82, 2.24) is 14.5 Å². The summed E-state index contributed by atoms with van der Waals surface area (Å²) in [6, 6.07) is 2.80. The molecule has 1 spiro atoms. The third-order valence-corrected chi connectivity index (χ3v) is 5.08. The van der Waals surface area contributed by atoms with Gasteiger partial charge in [0.05, 0.1) is 23.7 Å². The molecule has 2 fully saturated rings. The number of aromatic nitrogens is 2. The minimum absolute atomic E-state index is 0.142. The lowest BCUT2D eigenvalue weighted by atomic mass is 9.79. The van der Waals surface area contributed by atoms with Crippen molar-refractivity contribution in [1.29, 1.82) is 5.26 Å². The van der Waals surface area contributed by atoms with Crippen LogP contribution < -0.4 is 0 Å². The number of nitrogens with zero attached hydrogens (tertiary/aromatic N) is 4. The lowest BCUT2D eigenvalue weighted by Crippen LogP contribution is -2.58. The Morgan fingerprint density at radius 1 is 1.41 bits per heavy atom. The van der Waals surface area contributed by atoms with Crippen molar-refractivity contribution in [2.24, 2.45) is 0 Å². The van der Waals surface area contributed by atoms with Crippen molar-refractivity contribution in [2.75, 3.05) is 13.2 Å². The van der Waals surface area contributed by atoms with Crippen LogP contribution in [0.5, 0.6) is 0 Å². The Hall–Kier alpha value is -1.38. The molecular weight excluding hydrogens is 276 g/mol. The molecule has 1 aromatic rings. The Kier molecular flexibility index (Phi) is 4.51. The van der Waals surface area contributed by atoms with Crippen LogP contribution in [0, 0.1) is 11.3 Å². The van der Waals surface area contributed by atoms with Crippen molar-refractivity contribution >= 4 is 0 Å². The third-order valence-electron chi connectivity index (χ3n) is 5.08. The van der Waals surface area contributed by atoms with Gasteiger partial charge in [-0.1, -0.05) is 0 Å². The number of ether oxygens (including phenoxy) is 1. The van der Waals surface area contributed by atoms with Gasteiger partial charge in [-0.05, 0) is 46.0 Å². The van der Waals surface area contributed by atoms with Crippen LogP contribution in [-0.2, 0) is 11.3 Å². The van der Waals surface area contributed by atoms with E-state index in [1.54, 1.807) is 0 Å². The second-order valence-electron chi connectivity index (χ2n) is 6.86. The first-order valence-corrected chi connectivity index (χ1v) is 8.44. The standard InChI is InChI=1S/C17H26N4O/c1-14(2)21-13-19-11-15(21)12-20-8-5-7-17(16(20)10-18)6-3-4-9-22-17/h11,13-14,16H,3-9,12H2,1-2H3/t16-,17-/m1/s1. The Bertz CT molecular complexity index is 534. The van der Waals surface area contributed by atoms with Crippen LogP contribution >= 0.6 is 0 Å². The first-order valence-electron chi connectivity index (χ1n) is 8.44. The summed E-state index contributed by atoms with van der Waals surface area (Å²) in [6.07, 6.45) is 9.26. The predicted octanol–water partition coefficient (Wildman–Crippen LogP) is 2.89. The van der Waals surface area contributed by atoms with Gasteiger partial charge < -0.3 is 9.30 Å². The van der Waals surface area contributed by atoms with Crippen molar-refractivity contribution in [3.8, 4) is 6.07 Å². The highest BCUT2D eigenvalue weighted by atomic mass is 16.5. The van der Waals surface area contributed by atoms with E-state index in [9.17, 15) is 5.26 Å². The van der Waals surface area contributed by atoms with Gasteiger partial charge in [0, 0.05) is 31.9 Å². The largest absolute Gasteiger partial charge is 0.372 e. The number of imidazole rings is 1. The second kappa shape index (κ2) is 6.39. The number of hydrogen-bond donors (Lipinski definition) is 0. The van der Waals surface area contributed by atoms with E-state index in [1.165, 1.54) is 12.1 Å². The predicted molar refractivity (Wildman–Crippen MR) is 84.2 cm³/mol. The monoisotopic (exact) mass is 302 g/mol. The zero-order valence-corrected chi connectivity index (χ0v) is 13.7. The molecule has 3 rings (SSSR count). The van der Waals surface area contributed by atoms with Gasteiger partial charge in [0.2, 0.25) is 0 Å². The van der Waals surface area contributed by atoms with Gasteiger partial charge in [-0.15, -0.1) is 0 Å². The quantitative estimate of drug-likeness (QED) is 0.861. The third kappa shape index (κ3) is 2.78. The smallest absolute Gasteiger partial charge is 0.127 e. The summed E-state index contributed by atoms with van der Waals surface area (Å²) in [5.74, 6) is 0. The van der Waals surface area contributed by atoms with E-state index in [0.717, 1.165) is 45.4 Å².